The Morgan fingerprint density at radius 2 is 1.87 bits per heavy atom. The molecule has 0 aliphatic rings. The van der Waals surface area contributed by atoms with Crippen LogP contribution in [0, 0.1) is 6.92 Å². The van der Waals surface area contributed by atoms with Crippen LogP contribution in [0.4, 0.5) is 23.5 Å². The Bertz CT molecular complexity index is 917. The summed E-state index contributed by atoms with van der Waals surface area (Å²) in [4.78, 5) is 25.5. The molecule has 31 heavy (non-hydrogen) atoms. The number of carboxylic acid groups (broad SMARTS) is 1. The molecule has 1 unspecified atom stereocenters. The van der Waals surface area contributed by atoms with Crippen LogP contribution in [-0.2, 0) is 11.3 Å². The van der Waals surface area contributed by atoms with Gasteiger partial charge in [-0.05, 0) is 30.7 Å². The molecule has 1 atom stereocenters. The fourth-order valence-electron chi connectivity index (χ4n) is 2.56. The zero-order valence-electron chi connectivity index (χ0n) is 16.7. The van der Waals surface area contributed by atoms with Crippen molar-refractivity contribution in [1.29, 1.82) is 0 Å². The van der Waals surface area contributed by atoms with Gasteiger partial charge in [0.15, 0.2) is 0 Å². The van der Waals surface area contributed by atoms with Crippen LogP contribution in [0.15, 0.2) is 18.2 Å². The molecule has 0 saturated carbocycles. The third kappa shape index (κ3) is 7.69. The number of carboxylic acids is 1. The van der Waals surface area contributed by atoms with Crippen LogP contribution in [0.1, 0.15) is 15.9 Å². The molecule has 0 saturated heterocycles. The highest BCUT2D eigenvalue weighted by molar-refractivity contribution is 7.77. The molecular formula is C17H24N7O6S-. The molecule has 0 aliphatic heterocycles. The first-order chi connectivity index (χ1) is 14.8. The molecule has 14 heteroatoms. The number of hydrogen-bond acceptors (Lipinski definition) is 11. The van der Waals surface area contributed by atoms with E-state index in [1.165, 1.54) is 12.1 Å². The molecule has 0 bridgehead atoms. The van der Waals surface area contributed by atoms with Gasteiger partial charge in [0.25, 0.3) is 0 Å². The predicted molar refractivity (Wildman–Crippen MR) is 113 cm³/mol. The van der Waals surface area contributed by atoms with E-state index in [9.17, 15) is 18.7 Å². The number of rotatable bonds is 13. The zero-order valence-corrected chi connectivity index (χ0v) is 17.6. The highest BCUT2D eigenvalue weighted by Crippen LogP contribution is 2.22. The molecule has 0 aliphatic carbocycles. The van der Waals surface area contributed by atoms with E-state index in [2.05, 4.69) is 30.3 Å². The summed E-state index contributed by atoms with van der Waals surface area (Å²) in [5.41, 5.74) is 1.37. The number of aliphatic hydroxyl groups excluding tert-OH is 2. The van der Waals surface area contributed by atoms with Crippen molar-refractivity contribution in [2.45, 2.75) is 6.92 Å². The number of aliphatic hydroxyl groups is 2. The van der Waals surface area contributed by atoms with Gasteiger partial charge in [-0.25, -0.2) is 9.52 Å². The highest BCUT2D eigenvalue weighted by Gasteiger charge is 2.15. The number of aromatic nitrogens is 3. The summed E-state index contributed by atoms with van der Waals surface area (Å²) < 4.78 is 23.6. The van der Waals surface area contributed by atoms with Crippen LogP contribution in [0.2, 0.25) is 0 Å². The van der Waals surface area contributed by atoms with Crippen LogP contribution >= 0.6 is 0 Å². The van der Waals surface area contributed by atoms with Gasteiger partial charge in [0.05, 0.1) is 18.8 Å². The summed E-state index contributed by atoms with van der Waals surface area (Å²) in [5, 5.41) is 33.4. The number of hydrogen-bond donors (Lipinski definition) is 6. The lowest BCUT2D eigenvalue weighted by molar-refractivity contribution is 0.0696. The van der Waals surface area contributed by atoms with E-state index in [0.717, 1.165) is 0 Å². The fraction of sp³-hybridized carbons (Fsp3) is 0.412. The summed E-state index contributed by atoms with van der Waals surface area (Å²) >= 11 is -2.43. The minimum atomic E-state index is -2.43. The van der Waals surface area contributed by atoms with Crippen molar-refractivity contribution in [3.63, 3.8) is 0 Å². The van der Waals surface area contributed by atoms with Gasteiger partial charge in [0, 0.05) is 43.1 Å². The Labute approximate surface area is 181 Å². The van der Waals surface area contributed by atoms with Gasteiger partial charge in [0.1, 0.15) is 0 Å². The molecule has 1 aromatic heterocycles. The van der Waals surface area contributed by atoms with Gasteiger partial charge in [-0.2, -0.15) is 15.0 Å². The van der Waals surface area contributed by atoms with Gasteiger partial charge in [-0.1, -0.05) is 0 Å². The normalized spacial score (nSPS) is 11.7. The molecule has 0 radical (unpaired) electrons. The van der Waals surface area contributed by atoms with Crippen molar-refractivity contribution in [2.24, 2.45) is 0 Å². The van der Waals surface area contributed by atoms with E-state index >= 15 is 0 Å². The second-order valence-corrected chi connectivity index (χ2v) is 6.99. The fourth-order valence-corrected chi connectivity index (χ4v) is 2.82. The molecule has 0 fully saturated rings. The first-order valence-corrected chi connectivity index (χ1v) is 10.3. The predicted octanol–water partition coefficient (Wildman–Crippen LogP) is -0.792. The van der Waals surface area contributed by atoms with Crippen molar-refractivity contribution in [2.75, 3.05) is 54.9 Å². The van der Waals surface area contributed by atoms with Crippen LogP contribution in [-0.4, -0.2) is 84.4 Å². The topological polar surface area (TPSA) is 196 Å². The lowest BCUT2D eigenvalue weighted by Gasteiger charge is -2.23. The van der Waals surface area contributed by atoms with Gasteiger partial charge in [-0.15, -0.1) is 0 Å². The van der Waals surface area contributed by atoms with E-state index in [1.807, 2.05) is 0 Å². The smallest absolute Gasteiger partial charge is 0.335 e. The SMILES string of the molecule is Cc1cc(C(=O)O)ccc1Nc1nc(NCCO)nc(N(CCO)CCNS(=O)[O-])n1. The van der Waals surface area contributed by atoms with E-state index < -0.39 is 17.2 Å². The van der Waals surface area contributed by atoms with Crippen LogP contribution in [0.5, 0.6) is 0 Å². The van der Waals surface area contributed by atoms with Crippen LogP contribution in [0.25, 0.3) is 0 Å². The Morgan fingerprint density at radius 3 is 2.48 bits per heavy atom. The van der Waals surface area contributed by atoms with Crippen molar-refractivity contribution < 1.29 is 28.9 Å². The van der Waals surface area contributed by atoms with Crippen molar-refractivity contribution in [3.8, 4) is 0 Å². The minimum Gasteiger partial charge on any atom is -0.760 e. The molecule has 1 aromatic carbocycles. The first kappa shape index (κ1) is 24.4. The minimum absolute atomic E-state index is 0.0692. The Hall–Kier alpha value is -2.91. The van der Waals surface area contributed by atoms with Crippen LogP contribution in [0.3, 0.4) is 0 Å². The average molecular weight is 454 g/mol. The standard InChI is InChI=1S/C17H25N7O6S/c1-11-10-12(14(27)28)2-3-13(11)20-16-21-15(18-5-8-25)22-17(23-16)24(7-9-26)6-4-19-31(29)30/h2-3,10,19,25-26H,4-9H2,1H3,(H,27,28)(H,29,30)(H2,18,20,21,22,23)/p-1. The summed E-state index contributed by atoms with van der Waals surface area (Å²) in [6.07, 6.45) is 0. The lowest BCUT2D eigenvalue weighted by atomic mass is 10.1. The summed E-state index contributed by atoms with van der Waals surface area (Å²) in [6, 6.07) is 4.53. The monoisotopic (exact) mass is 454 g/mol. The maximum absolute atomic E-state index is 11.1. The summed E-state index contributed by atoms with van der Waals surface area (Å²) in [5.74, 6) is -0.574. The number of aromatic carboxylic acids is 1. The van der Waals surface area contributed by atoms with Crippen molar-refractivity contribution in [3.05, 3.63) is 29.3 Å². The molecule has 2 rings (SSSR count). The number of carbonyl (C=O) groups is 1. The third-order valence-corrected chi connectivity index (χ3v) is 4.43. The van der Waals surface area contributed by atoms with Gasteiger partial charge in [0.2, 0.25) is 17.8 Å². The average Bonchev–Trinajstić information content (AvgIpc) is 2.72. The molecule has 0 amide bonds. The third-order valence-electron chi connectivity index (χ3n) is 3.99. The molecule has 6 N–H and O–H groups in total. The molecule has 13 nitrogen and oxygen atoms in total. The van der Waals surface area contributed by atoms with Crippen molar-refractivity contribution >= 4 is 40.8 Å². The molecular weight excluding hydrogens is 430 g/mol. The largest absolute Gasteiger partial charge is 0.760 e. The van der Waals surface area contributed by atoms with Gasteiger partial charge in [-0.3, -0.25) is 4.21 Å². The van der Waals surface area contributed by atoms with Crippen molar-refractivity contribution in [1.82, 2.24) is 19.7 Å². The number of nitrogens with one attached hydrogen (secondary N) is 3. The Balaban J connectivity index is 2.33. The maximum atomic E-state index is 11.1. The Morgan fingerprint density at radius 1 is 1.13 bits per heavy atom. The van der Waals surface area contributed by atoms with E-state index in [0.29, 0.717) is 11.3 Å². The summed E-state index contributed by atoms with van der Waals surface area (Å²) in [7, 11) is 0. The molecule has 170 valence electrons. The van der Waals surface area contributed by atoms with E-state index in [4.69, 9.17) is 10.2 Å². The Kier molecular flexibility index (Phi) is 9.48. The summed E-state index contributed by atoms with van der Waals surface area (Å²) in [6.45, 7) is 1.94. The molecule has 1 heterocycles. The number of benzene rings is 1. The number of nitrogens with zero attached hydrogens (tertiary/aromatic N) is 4. The first-order valence-electron chi connectivity index (χ1n) is 9.24. The second-order valence-electron chi connectivity index (χ2n) is 6.23. The number of aryl methyl sites for hydroxylation is 1. The molecule has 0 spiro atoms. The lowest BCUT2D eigenvalue weighted by Crippen LogP contribution is -2.36. The maximum Gasteiger partial charge on any atom is 0.335 e. The van der Waals surface area contributed by atoms with E-state index in [1.54, 1.807) is 17.9 Å². The number of anilines is 4. The van der Waals surface area contributed by atoms with Gasteiger partial charge < -0.3 is 35.4 Å². The van der Waals surface area contributed by atoms with Crippen LogP contribution < -0.4 is 20.3 Å². The molecule has 2 aromatic rings. The second kappa shape index (κ2) is 12.1. The highest BCUT2D eigenvalue weighted by atomic mass is 32.2. The quantitative estimate of drug-likeness (QED) is 0.207. The van der Waals surface area contributed by atoms with Gasteiger partial charge >= 0.3 is 5.97 Å². The zero-order chi connectivity index (χ0) is 22.8. The van der Waals surface area contributed by atoms with E-state index in [-0.39, 0.29) is 62.8 Å².